The Labute approximate surface area is 146 Å². The van der Waals surface area contributed by atoms with Gasteiger partial charge in [0.05, 0.1) is 23.7 Å². The maximum atomic E-state index is 13.0. The van der Waals surface area contributed by atoms with Crippen molar-refractivity contribution in [3.05, 3.63) is 53.2 Å². The molecule has 0 aliphatic rings. The fourth-order valence-corrected chi connectivity index (χ4v) is 2.80. The molecular weight excluding hydrogens is 336 g/mol. The number of amides is 1. The molecule has 9 nitrogen and oxygen atoms in total. The summed E-state index contributed by atoms with van der Waals surface area (Å²) in [6.45, 7) is 1.33. The first-order valence-electron chi connectivity index (χ1n) is 7.75. The number of methoxy groups -OCH3 is 1. The standard InChI is InChI=1S/C17H14N6O3/c1-10(24)21-22-8-7-13-14(16(22)25)15(23-17(20-13)18-9-19-23)11-3-5-12(26-2)6-4-11/h3-9H,1-2H3,(H,21,24). The van der Waals surface area contributed by atoms with E-state index in [9.17, 15) is 9.59 Å². The molecule has 0 aliphatic heterocycles. The Morgan fingerprint density at radius 2 is 1.96 bits per heavy atom. The Balaban J connectivity index is 2.10. The maximum Gasteiger partial charge on any atom is 0.280 e. The number of aromatic nitrogens is 5. The van der Waals surface area contributed by atoms with Gasteiger partial charge in [0.2, 0.25) is 5.91 Å². The van der Waals surface area contributed by atoms with E-state index in [1.54, 1.807) is 25.3 Å². The molecule has 0 saturated carbocycles. The molecule has 1 amide bonds. The van der Waals surface area contributed by atoms with Gasteiger partial charge in [0.1, 0.15) is 12.1 Å². The number of benzene rings is 1. The van der Waals surface area contributed by atoms with E-state index in [0.717, 1.165) is 10.2 Å². The van der Waals surface area contributed by atoms with Crippen LogP contribution in [0.3, 0.4) is 0 Å². The number of nitrogens with zero attached hydrogens (tertiary/aromatic N) is 5. The summed E-state index contributed by atoms with van der Waals surface area (Å²) < 4.78 is 7.82. The molecule has 0 saturated heterocycles. The Morgan fingerprint density at radius 1 is 1.19 bits per heavy atom. The minimum Gasteiger partial charge on any atom is -0.497 e. The smallest absolute Gasteiger partial charge is 0.280 e. The van der Waals surface area contributed by atoms with Gasteiger partial charge in [-0.2, -0.15) is 14.6 Å². The number of carbonyl (C=O) groups excluding carboxylic acids is 1. The number of rotatable bonds is 3. The summed E-state index contributed by atoms with van der Waals surface area (Å²) in [4.78, 5) is 32.8. The number of carbonyl (C=O) groups is 1. The SMILES string of the molecule is COc1ccc(-c2c3c(=O)n(NC(C)=O)ccc3nc3ncnn23)cc1. The fourth-order valence-electron chi connectivity index (χ4n) is 2.80. The van der Waals surface area contributed by atoms with E-state index in [-0.39, 0.29) is 5.91 Å². The molecule has 3 heterocycles. The largest absolute Gasteiger partial charge is 0.497 e. The summed E-state index contributed by atoms with van der Waals surface area (Å²) >= 11 is 0. The molecule has 26 heavy (non-hydrogen) atoms. The quantitative estimate of drug-likeness (QED) is 0.595. The molecule has 0 radical (unpaired) electrons. The number of hydrogen-bond donors (Lipinski definition) is 1. The first-order valence-corrected chi connectivity index (χ1v) is 7.75. The van der Waals surface area contributed by atoms with Gasteiger partial charge in [-0.3, -0.25) is 15.0 Å². The topological polar surface area (TPSA) is 103 Å². The molecule has 4 rings (SSSR count). The molecule has 0 fully saturated rings. The van der Waals surface area contributed by atoms with Gasteiger partial charge in [-0.1, -0.05) is 0 Å². The molecule has 0 unspecified atom stereocenters. The van der Waals surface area contributed by atoms with E-state index in [1.807, 2.05) is 12.1 Å². The van der Waals surface area contributed by atoms with Crippen molar-refractivity contribution in [3.8, 4) is 17.0 Å². The van der Waals surface area contributed by atoms with E-state index >= 15 is 0 Å². The zero-order valence-electron chi connectivity index (χ0n) is 14.0. The highest BCUT2D eigenvalue weighted by atomic mass is 16.5. The molecule has 9 heteroatoms. The third kappa shape index (κ3) is 2.46. The maximum absolute atomic E-state index is 13.0. The molecule has 1 N–H and O–H groups in total. The second-order valence-electron chi connectivity index (χ2n) is 5.58. The summed E-state index contributed by atoms with van der Waals surface area (Å²) in [5, 5.41) is 4.52. The van der Waals surface area contributed by atoms with Crippen LogP contribution in [0.5, 0.6) is 5.75 Å². The van der Waals surface area contributed by atoms with Crippen molar-refractivity contribution >= 4 is 22.6 Å². The monoisotopic (exact) mass is 350 g/mol. The van der Waals surface area contributed by atoms with Crippen LogP contribution in [-0.4, -0.2) is 37.3 Å². The zero-order valence-corrected chi connectivity index (χ0v) is 14.0. The summed E-state index contributed by atoms with van der Waals surface area (Å²) in [5.74, 6) is 0.713. The van der Waals surface area contributed by atoms with Crippen LogP contribution >= 0.6 is 0 Å². The van der Waals surface area contributed by atoms with Crippen LogP contribution in [0.2, 0.25) is 0 Å². The van der Waals surface area contributed by atoms with Gasteiger partial charge in [0.15, 0.2) is 0 Å². The van der Waals surface area contributed by atoms with E-state index < -0.39 is 5.56 Å². The summed E-state index contributed by atoms with van der Waals surface area (Å²) in [6, 6.07) is 8.88. The van der Waals surface area contributed by atoms with Crippen LogP contribution in [0.4, 0.5) is 0 Å². The van der Waals surface area contributed by atoms with Gasteiger partial charge in [-0.25, -0.2) is 9.66 Å². The highest BCUT2D eigenvalue weighted by molar-refractivity contribution is 5.93. The average molecular weight is 350 g/mol. The zero-order chi connectivity index (χ0) is 18.3. The Hall–Kier alpha value is -3.75. The number of ether oxygens (including phenoxy) is 1. The van der Waals surface area contributed by atoms with Gasteiger partial charge in [0.25, 0.3) is 11.3 Å². The van der Waals surface area contributed by atoms with E-state index in [2.05, 4.69) is 20.5 Å². The lowest BCUT2D eigenvalue weighted by Gasteiger charge is -2.11. The second-order valence-corrected chi connectivity index (χ2v) is 5.58. The molecule has 3 aromatic heterocycles. The summed E-state index contributed by atoms with van der Waals surface area (Å²) in [5.41, 5.74) is 3.81. The number of pyridine rings is 1. The van der Waals surface area contributed by atoms with E-state index in [4.69, 9.17) is 4.74 Å². The lowest BCUT2D eigenvalue weighted by Crippen LogP contribution is -2.31. The molecule has 0 bridgehead atoms. The van der Waals surface area contributed by atoms with E-state index in [0.29, 0.717) is 28.1 Å². The second kappa shape index (κ2) is 5.96. The Morgan fingerprint density at radius 3 is 2.65 bits per heavy atom. The van der Waals surface area contributed by atoms with Gasteiger partial charge < -0.3 is 4.74 Å². The van der Waals surface area contributed by atoms with Crippen molar-refractivity contribution in [1.82, 2.24) is 24.3 Å². The van der Waals surface area contributed by atoms with Crippen molar-refractivity contribution < 1.29 is 9.53 Å². The number of hydrogen-bond acceptors (Lipinski definition) is 6. The lowest BCUT2D eigenvalue weighted by atomic mass is 10.1. The minimum atomic E-state index is -0.409. The van der Waals surface area contributed by atoms with Crippen LogP contribution in [0.25, 0.3) is 27.9 Å². The first-order chi connectivity index (χ1) is 12.6. The van der Waals surface area contributed by atoms with Crippen molar-refractivity contribution in [2.45, 2.75) is 6.92 Å². The van der Waals surface area contributed by atoms with Crippen LogP contribution in [-0.2, 0) is 4.79 Å². The van der Waals surface area contributed by atoms with Crippen LogP contribution in [0, 0.1) is 0 Å². The van der Waals surface area contributed by atoms with Gasteiger partial charge in [0, 0.05) is 18.7 Å². The third-order valence-corrected chi connectivity index (χ3v) is 3.91. The molecule has 0 aliphatic carbocycles. The van der Waals surface area contributed by atoms with Crippen LogP contribution in [0.1, 0.15) is 6.92 Å². The number of fused-ring (bicyclic) bond motifs is 2. The molecule has 130 valence electrons. The predicted molar refractivity (Wildman–Crippen MR) is 94.6 cm³/mol. The normalized spacial score (nSPS) is 11.0. The van der Waals surface area contributed by atoms with E-state index in [1.165, 1.54) is 24.0 Å². The van der Waals surface area contributed by atoms with Crippen LogP contribution < -0.4 is 15.7 Å². The predicted octanol–water partition coefficient (Wildman–Crippen LogP) is 1.20. The molecular formula is C17H14N6O3. The van der Waals surface area contributed by atoms with Gasteiger partial charge >= 0.3 is 0 Å². The highest BCUT2D eigenvalue weighted by Gasteiger charge is 2.17. The lowest BCUT2D eigenvalue weighted by molar-refractivity contribution is -0.115. The van der Waals surface area contributed by atoms with Crippen LogP contribution in [0.15, 0.2) is 47.7 Å². The molecule has 1 aromatic carbocycles. The third-order valence-electron chi connectivity index (χ3n) is 3.91. The average Bonchev–Trinajstić information content (AvgIpc) is 3.10. The Kier molecular flexibility index (Phi) is 3.61. The first kappa shape index (κ1) is 15.8. The summed E-state index contributed by atoms with van der Waals surface area (Å²) in [6.07, 6.45) is 2.84. The molecule has 0 atom stereocenters. The van der Waals surface area contributed by atoms with Gasteiger partial charge in [-0.15, -0.1) is 0 Å². The Bertz CT molecular complexity index is 1190. The molecule has 0 spiro atoms. The molecule has 4 aromatic rings. The van der Waals surface area contributed by atoms with Crippen molar-refractivity contribution in [3.63, 3.8) is 0 Å². The van der Waals surface area contributed by atoms with Crippen molar-refractivity contribution in [2.75, 3.05) is 12.5 Å². The van der Waals surface area contributed by atoms with Crippen molar-refractivity contribution in [2.24, 2.45) is 0 Å². The minimum absolute atomic E-state index is 0.324. The fraction of sp³-hybridized carbons (Fsp3) is 0.118. The number of nitrogens with one attached hydrogen (secondary N) is 1. The highest BCUT2D eigenvalue weighted by Crippen LogP contribution is 2.27. The van der Waals surface area contributed by atoms with Crippen molar-refractivity contribution in [1.29, 1.82) is 0 Å². The summed E-state index contributed by atoms with van der Waals surface area (Å²) in [7, 11) is 1.58. The van der Waals surface area contributed by atoms with Gasteiger partial charge in [-0.05, 0) is 30.3 Å².